The number of fused-ring (bicyclic) bond motifs is 3. The van der Waals surface area contributed by atoms with E-state index in [0.717, 1.165) is 5.52 Å². The van der Waals surface area contributed by atoms with Gasteiger partial charge in [0.25, 0.3) is 0 Å². The highest BCUT2D eigenvalue weighted by molar-refractivity contribution is 7.26. The molecule has 4 aromatic rings. The van der Waals surface area contributed by atoms with E-state index in [1.807, 2.05) is 23.6 Å². The Balaban J connectivity index is 2.17. The summed E-state index contributed by atoms with van der Waals surface area (Å²) in [6.45, 7) is 6.58. The highest BCUT2D eigenvalue weighted by Crippen LogP contribution is 2.38. The maximum Gasteiger partial charge on any atom is 0.230 e. The van der Waals surface area contributed by atoms with Crippen molar-refractivity contribution in [2.24, 2.45) is 7.05 Å². The van der Waals surface area contributed by atoms with Crippen molar-refractivity contribution in [2.45, 2.75) is 20.8 Å². The molecule has 0 saturated heterocycles. The van der Waals surface area contributed by atoms with Gasteiger partial charge in [0.1, 0.15) is 11.7 Å². The molecule has 3 heterocycles. The summed E-state index contributed by atoms with van der Waals surface area (Å²) in [6, 6.07) is 10.9. The molecule has 0 aliphatic carbocycles. The predicted molar refractivity (Wildman–Crippen MR) is 97.9 cm³/mol. The zero-order valence-electron chi connectivity index (χ0n) is 13.8. The van der Waals surface area contributed by atoms with E-state index < -0.39 is 0 Å². The van der Waals surface area contributed by atoms with Crippen LogP contribution in [-0.2, 0) is 7.05 Å². The van der Waals surface area contributed by atoms with Crippen molar-refractivity contribution >= 4 is 31.6 Å². The minimum Gasteiger partial charge on any atom is -0.255 e. The second-order valence-electron chi connectivity index (χ2n) is 6.22. The van der Waals surface area contributed by atoms with Gasteiger partial charge in [-0.3, -0.25) is 4.98 Å². The Bertz CT molecular complexity index is 1060. The minimum absolute atomic E-state index is 1.11. The lowest BCUT2D eigenvalue weighted by Gasteiger charge is -2.09. The topological polar surface area (TPSA) is 16.8 Å². The van der Waals surface area contributed by atoms with Gasteiger partial charge in [-0.25, -0.2) is 0 Å². The number of aromatic nitrogens is 2. The van der Waals surface area contributed by atoms with E-state index in [0.29, 0.717) is 0 Å². The molecule has 4 rings (SSSR count). The van der Waals surface area contributed by atoms with E-state index >= 15 is 0 Å². The minimum atomic E-state index is 1.11. The first-order valence-corrected chi connectivity index (χ1v) is 8.62. The summed E-state index contributed by atoms with van der Waals surface area (Å²) in [5.41, 5.74) is 7.72. The molecule has 1 aromatic carbocycles. The molecule has 2 nitrogen and oxygen atoms in total. The second-order valence-corrected chi connectivity index (χ2v) is 7.28. The van der Waals surface area contributed by atoms with Gasteiger partial charge < -0.3 is 0 Å². The summed E-state index contributed by atoms with van der Waals surface area (Å²) in [5, 5.41) is 1.25. The molecule has 0 aliphatic rings. The molecular formula is C20H19N2S+. The molecule has 23 heavy (non-hydrogen) atoms. The highest BCUT2D eigenvalue weighted by Gasteiger charge is 2.21. The van der Waals surface area contributed by atoms with E-state index in [1.165, 1.54) is 42.7 Å². The van der Waals surface area contributed by atoms with Crippen molar-refractivity contribution in [3.63, 3.8) is 0 Å². The summed E-state index contributed by atoms with van der Waals surface area (Å²) in [7, 11) is 2.13. The predicted octanol–water partition coefficient (Wildman–Crippen LogP) is 4.87. The van der Waals surface area contributed by atoms with Gasteiger partial charge in [-0.15, -0.1) is 11.3 Å². The van der Waals surface area contributed by atoms with Gasteiger partial charge in [0.2, 0.25) is 5.69 Å². The van der Waals surface area contributed by atoms with Gasteiger partial charge in [0.15, 0.2) is 6.20 Å². The van der Waals surface area contributed by atoms with Crippen LogP contribution in [0.25, 0.3) is 31.6 Å². The largest absolute Gasteiger partial charge is 0.255 e. The quantitative estimate of drug-likeness (QED) is 0.458. The summed E-state index contributed by atoms with van der Waals surface area (Å²) in [6.07, 6.45) is 4.03. The number of nitrogens with zero attached hydrogens (tertiary/aromatic N) is 2. The molecule has 0 amide bonds. The van der Waals surface area contributed by atoms with Crippen LogP contribution in [0.4, 0.5) is 0 Å². The number of hydrogen-bond donors (Lipinski definition) is 0. The molecule has 3 heteroatoms. The number of rotatable bonds is 1. The number of aryl methyl sites for hydroxylation is 3. The van der Waals surface area contributed by atoms with Crippen molar-refractivity contribution in [1.82, 2.24) is 4.98 Å². The maximum absolute atomic E-state index is 4.59. The first-order chi connectivity index (χ1) is 11.1. The van der Waals surface area contributed by atoms with E-state index in [4.69, 9.17) is 0 Å². The average molecular weight is 319 g/mol. The Hall–Kier alpha value is -2.26. The fourth-order valence-corrected chi connectivity index (χ4v) is 4.55. The Morgan fingerprint density at radius 1 is 1.09 bits per heavy atom. The lowest BCUT2D eigenvalue weighted by Crippen LogP contribution is -2.30. The molecular weight excluding hydrogens is 300 g/mol. The monoisotopic (exact) mass is 319 g/mol. The molecule has 0 bridgehead atoms. The molecule has 0 N–H and O–H groups in total. The fourth-order valence-electron chi connectivity index (χ4n) is 3.30. The van der Waals surface area contributed by atoms with Gasteiger partial charge in [0.05, 0.1) is 15.8 Å². The van der Waals surface area contributed by atoms with Crippen molar-refractivity contribution in [3.8, 4) is 11.3 Å². The first-order valence-electron chi connectivity index (χ1n) is 7.80. The van der Waals surface area contributed by atoms with Crippen LogP contribution >= 0.6 is 11.3 Å². The number of hydrogen-bond acceptors (Lipinski definition) is 2. The highest BCUT2D eigenvalue weighted by atomic mass is 32.1. The van der Waals surface area contributed by atoms with Crippen molar-refractivity contribution < 1.29 is 4.57 Å². The zero-order chi connectivity index (χ0) is 16.1. The van der Waals surface area contributed by atoms with Crippen molar-refractivity contribution in [1.29, 1.82) is 0 Å². The molecule has 114 valence electrons. The lowest BCUT2D eigenvalue weighted by molar-refractivity contribution is -0.659. The maximum atomic E-state index is 4.59. The number of pyridine rings is 2. The van der Waals surface area contributed by atoms with Crippen LogP contribution in [-0.4, -0.2) is 4.98 Å². The zero-order valence-corrected chi connectivity index (χ0v) is 14.7. The molecule has 0 saturated carbocycles. The SMILES string of the molecule is Cc1cc(C)c(C)c(-c2c3sc4cccnc4c3cc[n+]2C)c1. The molecule has 0 spiro atoms. The van der Waals surface area contributed by atoms with Gasteiger partial charge >= 0.3 is 0 Å². The normalized spacial score (nSPS) is 11.5. The summed E-state index contributed by atoms with van der Waals surface area (Å²) in [4.78, 5) is 4.59. The van der Waals surface area contributed by atoms with Gasteiger partial charge in [-0.2, -0.15) is 4.57 Å². The third-order valence-corrected chi connectivity index (χ3v) is 5.75. The standard InChI is InChI=1S/C20H19N2S/c1-12-10-13(2)14(3)16(11-12)19-20-15(7-9-22(19)4)18-17(23-20)6-5-8-21-18/h5-11H,1-4H3/q+1. The van der Waals surface area contributed by atoms with Gasteiger partial charge in [-0.05, 0) is 50.1 Å². The first kappa shape index (κ1) is 14.3. The van der Waals surface area contributed by atoms with Gasteiger partial charge in [0, 0.05) is 17.6 Å². The van der Waals surface area contributed by atoms with Crippen LogP contribution in [0.15, 0.2) is 42.7 Å². The molecule has 0 aliphatic heterocycles. The molecule has 3 aromatic heterocycles. The van der Waals surface area contributed by atoms with Crippen molar-refractivity contribution in [2.75, 3.05) is 0 Å². The molecule has 0 atom stereocenters. The molecule has 0 fully saturated rings. The van der Waals surface area contributed by atoms with Crippen LogP contribution in [0.2, 0.25) is 0 Å². The third-order valence-electron chi connectivity index (χ3n) is 4.58. The average Bonchev–Trinajstić information content (AvgIpc) is 2.89. The summed E-state index contributed by atoms with van der Waals surface area (Å²) in [5.74, 6) is 0. The van der Waals surface area contributed by atoms with Crippen LogP contribution in [0.1, 0.15) is 16.7 Å². The number of benzene rings is 1. The van der Waals surface area contributed by atoms with Crippen LogP contribution in [0, 0.1) is 20.8 Å². The van der Waals surface area contributed by atoms with Crippen molar-refractivity contribution in [3.05, 3.63) is 59.4 Å². The van der Waals surface area contributed by atoms with Gasteiger partial charge in [-0.1, -0.05) is 11.6 Å². The Kier molecular flexibility index (Phi) is 3.20. The summed E-state index contributed by atoms with van der Waals surface area (Å²) < 4.78 is 4.80. The fraction of sp³-hybridized carbons (Fsp3) is 0.200. The van der Waals surface area contributed by atoms with E-state index in [2.05, 4.69) is 67.8 Å². The Labute approximate surface area is 140 Å². The summed E-state index contributed by atoms with van der Waals surface area (Å²) >= 11 is 1.83. The Morgan fingerprint density at radius 3 is 2.74 bits per heavy atom. The molecule has 0 radical (unpaired) electrons. The van der Waals surface area contributed by atoms with E-state index in [-0.39, 0.29) is 0 Å². The van der Waals surface area contributed by atoms with Crippen LogP contribution in [0.3, 0.4) is 0 Å². The van der Waals surface area contributed by atoms with Crippen LogP contribution < -0.4 is 4.57 Å². The number of thiophene rings is 1. The van der Waals surface area contributed by atoms with E-state index in [9.17, 15) is 0 Å². The second kappa shape index (κ2) is 5.14. The Morgan fingerprint density at radius 2 is 1.91 bits per heavy atom. The third kappa shape index (κ3) is 2.15. The molecule has 0 unspecified atom stereocenters. The van der Waals surface area contributed by atoms with Crippen LogP contribution in [0.5, 0.6) is 0 Å². The van der Waals surface area contributed by atoms with E-state index in [1.54, 1.807) is 0 Å². The smallest absolute Gasteiger partial charge is 0.230 e. The lowest BCUT2D eigenvalue weighted by atomic mass is 9.97.